The van der Waals surface area contributed by atoms with Gasteiger partial charge in [0.25, 0.3) is 0 Å². The van der Waals surface area contributed by atoms with Crippen LogP contribution < -0.4 is 9.47 Å². The van der Waals surface area contributed by atoms with Crippen molar-refractivity contribution < 1.29 is 32.9 Å². The fourth-order valence-corrected chi connectivity index (χ4v) is 3.60. The molecule has 0 unspecified atom stereocenters. The fourth-order valence-electron chi connectivity index (χ4n) is 3.60. The minimum Gasteiger partial charge on any atom is -0.423 e. The highest BCUT2D eigenvalue weighted by Crippen LogP contribution is 2.34. The largest absolute Gasteiger partial charge is 0.423 e. The first-order valence-electron chi connectivity index (χ1n) is 11.4. The van der Waals surface area contributed by atoms with Crippen LogP contribution in [0.4, 0.5) is 4.39 Å². The van der Waals surface area contributed by atoms with Crippen molar-refractivity contribution in [3.8, 4) is 33.8 Å². The van der Waals surface area contributed by atoms with Gasteiger partial charge in [-0.3, -0.25) is 0 Å². The Bertz CT molecular complexity index is 1360. The first-order valence-corrected chi connectivity index (χ1v) is 11.4. The fraction of sp³-hybridized carbons (Fsp3) is 0.200. The second-order valence-electron chi connectivity index (χ2n) is 8.54. The van der Waals surface area contributed by atoms with E-state index in [0.29, 0.717) is 28.0 Å². The van der Waals surface area contributed by atoms with E-state index in [-0.39, 0.29) is 24.5 Å². The molecule has 3 aromatic carbocycles. The van der Waals surface area contributed by atoms with Gasteiger partial charge in [0.05, 0.1) is 13.2 Å². The number of methoxy groups -OCH3 is 2. The lowest BCUT2D eigenvalue weighted by atomic mass is 9.94. The normalized spacial score (nSPS) is 10.6. The summed E-state index contributed by atoms with van der Waals surface area (Å²) in [6.45, 7) is 10.7. The Labute approximate surface area is 215 Å². The van der Waals surface area contributed by atoms with Crippen molar-refractivity contribution in [2.24, 2.45) is 0 Å². The second kappa shape index (κ2) is 12.3. The van der Waals surface area contributed by atoms with E-state index in [9.17, 15) is 9.59 Å². The van der Waals surface area contributed by atoms with E-state index in [1.165, 1.54) is 19.1 Å². The van der Waals surface area contributed by atoms with Gasteiger partial charge >= 0.3 is 11.9 Å². The molecule has 0 bridgehead atoms. The van der Waals surface area contributed by atoms with Crippen molar-refractivity contribution in [1.82, 2.24) is 0 Å². The number of ether oxygens (including phenoxy) is 4. The van der Waals surface area contributed by atoms with E-state index >= 15 is 4.39 Å². The Morgan fingerprint density at radius 1 is 0.730 bits per heavy atom. The number of halogens is 1. The molecule has 0 N–H and O–H groups in total. The highest BCUT2D eigenvalue weighted by molar-refractivity contribution is 5.89. The molecule has 7 heteroatoms. The zero-order valence-electron chi connectivity index (χ0n) is 21.4. The first-order chi connectivity index (χ1) is 17.6. The molecule has 192 valence electrons. The molecule has 0 atom stereocenters. The Morgan fingerprint density at radius 2 is 1.27 bits per heavy atom. The van der Waals surface area contributed by atoms with Crippen molar-refractivity contribution in [3.05, 3.63) is 95.8 Å². The van der Waals surface area contributed by atoms with Crippen LogP contribution in [0.15, 0.2) is 78.9 Å². The summed E-state index contributed by atoms with van der Waals surface area (Å²) in [5, 5.41) is 0. The Hall–Kier alpha value is -4.07. The Morgan fingerprint density at radius 3 is 1.86 bits per heavy atom. The van der Waals surface area contributed by atoms with E-state index in [1.54, 1.807) is 33.3 Å². The maximum atomic E-state index is 15.1. The summed E-state index contributed by atoms with van der Waals surface area (Å²) in [5.41, 5.74) is 4.67. The van der Waals surface area contributed by atoms with E-state index < -0.39 is 17.8 Å². The third kappa shape index (κ3) is 6.78. The van der Waals surface area contributed by atoms with E-state index in [0.717, 1.165) is 16.7 Å². The summed E-state index contributed by atoms with van der Waals surface area (Å²) < 4.78 is 36.3. The molecule has 0 aliphatic carbocycles. The Balaban J connectivity index is 1.98. The molecule has 0 saturated heterocycles. The molecular weight excluding hydrogens is 475 g/mol. The van der Waals surface area contributed by atoms with Gasteiger partial charge in [-0.25, -0.2) is 14.0 Å². The molecule has 0 aliphatic rings. The average Bonchev–Trinajstić information content (AvgIpc) is 2.85. The number of esters is 2. The maximum Gasteiger partial charge on any atom is 0.338 e. The Kier molecular flexibility index (Phi) is 9.11. The van der Waals surface area contributed by atoms with Crippen LogP contribution in [-0.4, -0.2) is 26.2 Å². The van der Waals surface area contributed by atoms with Gasteiger partial charge in [0.2, 0.25) is 0 Å². The molecule has 0 heterocycles. The summed E-state index contributed by atoms with van der Waals surface area (Å²) in [5.74, 6) is -1.19. The monoisotopic (exact) mass is 504 g/mol. The van der Waals surface area contributed by atoms with Crippen LogP contribution in [0.3, 0.4) is 0 Å². The number of hydrogen-bond donors (Lipinski definition) is 0. The predicted octanol–water partition coefficient (Wildman–Crippen LogP) is 6.42. The molecule has 0 saturated carbocycles. The number of rotatable bonds is 10. The van der Waals surface area contributed by atoms with Gasteiger partial charge < -0.3 is 18.9 Å². The van der Waals surface area contributed by atoms with Crippen LogP contribution in [0.1, 0.15) is 25.0 Å². The molecule has 0 amide bonds. The quantitative estimate of drug-likeness (QED) is 0.180. The SMILES string of the molecule is C=C(C)C(=O)Oc1ccc(-c2ccc(-c3ccc(OC(=O)C(=C)C)c(COC)c3)cc2COC)c(F)c1. The molecule has 0 fully saturated rings. The predicted molar refractivity (Wildman–Crippen MR) is 140 cm³/mol. The topological polar surface area (TPSA) is 71.1 Å². The summed E-state index contributed by atoms with van der Waals surface area (Å²) in [6, 6.07) is 15.3. The van der Waals surface area contributed by atoms with Gasteiger partial charge in [-0.1, -0.05) is 31.4 Å². The van der Waals surface area contributed by atoms with Crippen molar-refractivity contribution in [2.75, 3.05) is 14.2 Å². The standard InChI is InChI=1S/C30H29FO6/c1-18(2)29(32)36-24-9-11-26(27(31)15-24)25-10-7-20(13-22(25)16-34-5)21-8-12-28(23(14-21)17-35-6)37-30(33)19(3)4/h7-15H,1,3,16-17H2,2,4-6H3. The summed E-state index contributed by atoms with van der Waals surface area (Å²) >= 11 is 0. The number of hydrogen-bond acceptors (Lipinski definition) is 6. The van der Waals surface area contributed by atoms with Crippen LogP contribution in [-0.2, 0) is 32.3 Å². The zero-order chi connectivity index (χ0) is 27.1. The van der Waals surface area contributed by atoms with Crippen molar-refractivity contribution in [2.45, 2.75) is 27.1 Å². The van der Waals surface area contributed by atoms with Gasteiger partial charge in [0.15, 0.2) is 0 Å². The van der Waals surface area contributed by atoms with Crippen LogP contribution in [0.2, 0.25) is 0 Å². The minimum absolute atomic E-state index is 0.0947. The highest BCUT2D eigenvalue weighted by atomic mass is 19.1. The number of carbonyl (C=O) groups is 2. The number of carbonyl (C=O) groups excluding carboxylic acids is 2. The molecule has 0 aliphatic heterocycles. The lowest BCUT2D eigenvalue weighted by Crippen LogP contribution is -2.10. The molecule has 6 nitrogen and oxygen atoms in total. The average molecular weight is 505 g/mol. The van der Waals surface area contributed by atoms with Gasteiger partial charge in [-0.15, -0.1) is 0 Å². The highest BCUT2D eigenvalue weighted by Gasteiger charge is 2.16. The molecule has 0 spiro atoms. The van der Waals surface area contributed by atoms with Gasteiger partial charge in [0, 0.05) is 42.6 Å². The van der Waals surface area contributed by atoms with E-state index in [1.807, 2.05) is 30.3 Å². The molecule has 0 radical (unpaired) electrons. The van der Waals surface area contributed by atoms with Crippen LogP contribution in [0, 0.1) is 5.82 Å². The summed E-state index contributed by atoms with van der Waals surface area (Å²) in [7, 11) is 3.12. The van der Waals surface area contributed by atoms with Crippen LogP contribution in [0.25, 0.3) is 22.3 Å². The number of benzene rings is 3. The lowest BCUT2D eigenvalue weighted by Gasteiger charge is -2.15. The van der Waals surface area contributed by atoms with Gasteiger partial charge in [-0.2, -0.15) is 0 Å². The minimum atomic E-state index is -0.621. The molecule has 37 heavy (non-hydrogen) atoms. The molecular formula is C30H29FO6. The molecule has 3 rings (SSSR count). The van der Waals surface area contributed by atoms with Gasteiger partial charge in [-0.05, 0) is 66.4 Å². The smallest absolute Gasteiger partial charge is 0.338 e. The lowest BCUT2D eigenvalue weighted by molar-refractivity contribution is -0.131. The van der Waals surface area contributed by atoms with Crippen molar-refractivity contribution in [1.29, 1.82) is 0 Å². The maximum absolute atomic E-state index is 15.1. The van der Waals surface area contributed by atoms with Crippen molar-refractivity contribution in [3.63, 3.8) is 0 Å². The van der Waals surface area contributed by atoms with Crippen LogP contribution in [0.5, 0.6) is 11.5 Å². The second-order valence-corrected chi connectivity index (χ2v) is 8.54. The molecule has 0 aromatic heterocycles. The van der Waals surface area contributed by atoms with Crippen molar-refractivity contribution >= 4 is 11.9 Å². The summed E-state index contributed by atoms with van der Waals surface area (Å²) in [6.07, 6.45) is 0. The third-order valence-electron chi connectivity index (χ3n) is 5.44. The summed E-state index contributed by atoms with van der Waals surface area (Å²) in [4.78, 5) is 23.8. The van der Waals surface area contributed by atoms with Crippen LogP contribution >= 0.6 is 0 Å². The zero-order valence-corrected chi connectivity index (χ0v) is 21.4. The van der Waals surface area contributed by atoms with E-state index in [2.05, 4.69) is 13.2 Å². The van der Waals surface area contributed by atoms with Gasteiger partial charge in [0.1, 0.15) is 17.3 Å². The molecule has 3 aromatic rings. The first kappa shape index (κ1) is 27.5. The third-order valence-corrected chi connectivity index (χ3v) is 5.44. The van der Waals surface area contributed by atoms with E-state index in [4.69, 9.17) is 18.9 Å².